The lowest BCUT2D eigenvalue weighted by Crippen LogP contribution is -2.47. The number of amides is 3. The highest BCUT2D eigenvalue weighted by Crippen LogP contribution is 2.11. The van der Waals surface area contributed by atoms with Crippen LogP contribution in [-0.4, -0.2) is 55.0 Å². The van der Waals surface area contributed by atoms with Gasteiger partial charge in [0, 0.05) is 0 Å². The fourth-order valence-corrected chi connectivity index (χ4v) is 1.03. The minimum absolute atomic E-state index is 0.588. The predicted octanol–water partition coefficient (Wildman–Crippen LogP) is -2.06. The number of carbonyl (C=O) groups is 3. The van der Waals surface area contributed by atoms with Crippen LogP contribution >= 0.6 is 0 Å². The quantitative estimate of drug-likeness (QED) is 0.492. The summed E-state index contributed by atoms with van der Waals surface area (Å²) in [6, 6.07) is 0. The number of nitrogens with one attached hydrogen (secondary N) is 1. The highest BCUT2D eigenvalue weighted by molar-refractivity contribution is 5.88. The van der Waals surface area contributed by atoms with Crippen molar-refractivity contribution in [1.29, 1.82) is 0 Å². The first-order chi connectivity index (χ1) is 8.11. The summed E-state index contributed by atoms with van der Waals surface area (Å²) < 4.78 is 35.4. The maximum Gasteiger partial charge on any atom is 0.401 e. The van der Waals surface area contributed by atoms with Crippen LogP contribution in [0.5, 0.6) is 0 Å². The molecular weight excluding hydrogens is 257 g/mol. The molecule has 0 saturated carbocycles. The molecule has 0 spiro atoms. The van der Waals surface area contributed by atoms with Crippen LogP contribution in [0.2, 0.25) is 0 Å². The molecule has 3 amide bonds. The van der Waals surface area contributed by atoms with Gasteiger partial charge in [0.25, 0.3) is 0 Å². The summed E-state index contributed by atoms with van der Waals surface area (Å²) in [5.41, 5.74) is 9.64. The van der Waals surface area contributed by atoms with Crippen molar-refractivity contribution in [2.24, 2.45) is 11.5 Å². The predicted molar refractivity (Wildman–Crippen MR) is 53.9 cm³/mol. The van der Waals surface area contributed by atoms with Crippen LogP contribution in [0.3, 0.4) is 0 Å². The maximum atomic E-state index is 11.8. The summed E-state index contributed by atoms with van der Waals surface area (Å²) in [6.45, 7) is -3.22. The number of halogens is 3. The number of hydrogen-bond donors (Lipinski definition) is 3. The molecule has 7 nitrogen and oxygen atoms in total. The minimum Gasteiger partial charge on any atom is -0.368 e. The number of alkyl halides is 3. The lowest BCUT2D eigenvalue weighted by Gasteiger charge is -2.19. The third kappa shape index (κ3) is 8.33. The Bertz CT molecular complexity index is 316. The van der Waals surface area contributed by atoms with Gasteiger partial charge in [-0.15, -0.1) is 0 Å². The average molecular weight is 270 g/mol. The summed E-state index contributed by atoms with van der Waals surface area (Å²) in [5, 5.41) is 1.83. The number of hydrogen-bond acceptors (Lipinski definition) is 4. The molecule has 0 fully saturated rings. The van der Waals surface area contributed by atoms with Gasteiger partial charge in [0.05, 0.1) is 26.2 Å². The summed E-state index contributed by atoms with van der Waals surface area (Å²) in [7, 11) is 0. The molecule has 0 radical (unpaired) electrons. The van der Waals surface area contributed by atoms with E-state index in [1.54, 1.807) is 0 Å². The van der Waals surface area contributed by atoms with Crippen molar-refractivity contribution >= 4 is 17.7 Å². The smallest absolute Gasteiger partial charge is 0.368 e. The molecule has 0 rings (SSSR count). The second-order valence-corrected chi connectivity index (χ2v) is 3.40. The molecule has 0 aliphatic heterocycles. The van der Waals surface area contributed by atoms with Gasteiger partial charge in [-0.05, 0) is 0 Å². The van der Waals surface area contributed by atoms with E-state index in [9.17, 15) is 27.6 Å². The standard InChI is InChI=1S/C8H13F3N4O3/c9-8(10,11)4-14-1-7(18)15(2-5(12)16)3-6(13)17/h14H,1-4H2,(H2,12,16)(H2,13,17). The first-order valence-corrected chi connectivity index (χ1v) is 4.73. The van der Waals surface area contributed by atoms with Gasteiger partial charge < -0.3 is 21.7 Å². The van der Waals surface area contributed by atoms with Crippen molar-refractivity contribution in [3.05, 3.63) is 0 Å². The summed E-state index contributed by atoms with van der Waals surface area (Å²) in [6.07, 6.45) is -4.46. The fourth-order valence-electron chi connectivity index (χ4n) is 1.03. The van der Waals surface area contributed by atoms with Crippen LogP contribution in [0.15, 0.2) is 0 Å². The zero-order valence-electron chi connectivity index (χ0n) is 9.29. The molecule has 0 aromatic carbocycles. The number of nitrogens with zero attached hydrogens (tertiary/aromatic N) is 1. The van der Waals surface area contributed by atoms with E-state index in [1.807, 2.05) is 5.32 Å². The molecule has 0 saturated heterocycles. The Morgan fingerprint density at radius 2 is 1.50 bits per heavy atom. The Hall–Kier alpha value is -1.84. The highest BCUT2D eigenvalue weighted by Gasteiger charge is 2.27. The minimum atomic E-state index is -4.46. The summed E-state index contributed by atoms with van der Waals surface area (Å²) >= 11 is 0. The number of carbonyl (C=O) groups excluding carboxylic acids is 3. The first-order valence-electron chi connectivity index (χ1n) is 4.73. The van der Waals surface area contributed by atoms with Crippen molar-refractivity contribution < 1.29 is 27.6 Å². The van der Waals surface area contributed by atoms with E-state index in [2.05, 4.69) is 0 Å². The van der Waals surface area contributed by atoms with Crippen LogP contribution in [0.1, 0.15) is 0 Å². The van der Waals surface area contributed by atoms with Gasteiger partial charge in [0.1, 0.15) is 0 Å². The van der Waals surface area contributed by atoms with Gasteiger partial charge in [0.2, 0.25) is 17.7 Å². The topological polar surface area (TPSA) is 119 Å². The molecule has 0 heterocycles. The van der Waals surface area contributed by atoms with E-state index in [4.69, 9.17) is 11.5 Å². The largest absolute Gasteiger partial charge is 0.401 e. The zero-order chi connectivity index (χ0) is 14.3. The number of rotatable bonds is 7. The van der Waals surface area contributed by atoms with Gasteiger partial charge in [-0.1, -0.05) is 0 Å². The van der Waals surface area contributed by atoms with Crippen LogP contribution in [0.25, 0.3) is 0 Å². The van der Waals surface area contributed by atoms with Crippen LogP contribution in [-0.2, 0) is 14.4 Å². The van der Waals surface area contributed by atoms with E-state index in [-0.39, 0.29) is 0 Å². The lowest BCUT2D eigenvalue weighted by molar-refractivity contribution is -0.139. The van der Waals surface area contributed by atoms with Crippen molar-refractivity contribution in [3.63, 3.8) is 0 Å². The van der Waals surface area contributed by atoms with Crippen LogP contribution < -0.4 is 16.8 Å². The molecule has 0 aliphatic rings. The maximum absolute atomic E-state index is 11.8. The molecule has 0 unspecified atom stereocenters. The van der Waals surface area contributed by atoms with E-state index in [0.717, 1.165) is 0 Å². The van der Waals surface area contributed by atoms with E-state index in [0.29, 0.717) is 4.90 Å². The second-order valence-electron chi connectivity index (χ2n) is 3.40. The number of nitrogens with two attached hydrogens (primary N) is 2. The summed E-state index contributed by atoms with van der Waals surface area (Å²) in [5.74, 6) is -2.68. The molecule has 0 atom stereocenters. The van der Waals surface area contributed by atoms with E-state index >= 15 is 0 Å². The number of primary amides is 2. The Kier molecular flexibility index (Phi) is 6.09. The average Bonchev–Trinajstić information content (AvgIpc) is 2.12. The lowest BCUT2D eigenvalue weighted by atomic mass is 10.4. The first kappa shape index (κ1) is 16.2. The Labute approximate surface area is 100 Å². The fraction of sp³-hybridized carbons (Fsp3) is 0.625. The van der Waals surface area contributed by atoms with Gasteiger partial charge in [0.15, 0.2) is 0 Å². The third-order valence-corrected chi connectivity index (χ3v) is 1.65. The van der Waals surface area contributed by atoms with Crippen molar-refractivity contribution in [1.82, 2.24) is 10.2 Å². The second kappa shape index (κ2) is 6.79. The monoisotopic (exact) mass is 270 g/mol. The molecule has 0 aromatic rings. The normalized spacial score (nSPS) is 11.1. The highest BCUT2D eigenvalue weighted by atomic mass is 19.4. The van der Waals surface area contributed by atoms with Crippen LogP contribution in [0.4, 0.5) is 13.2 Å². The molecule has 104 valence electrons. The van der Waals surface area contributed by atoms with E-state index < -0.39 is 50.1 Å². The Morgan fingerprint density at radius 3 is 1.83 bits per heavy atom. The molecule has 0 bridgehead atoms. The molecule has 0 aliphatic carbocycles. The van der Waals surface area contributed by atoms with E-state index in [1.165, 1.54) is 0 Å². The molecular formula is C8H13F3N4O3. The van der Waals surface area contributed by atoms with Gasteiger partial charge in [-0.2, -0.15) is 13.2 Å². The van der Waals surface area contributed by atoms with Gasteiger partial charge in [-0.3, -0.25) is 14.4 Å². The van der Waals surface area contributed by atoms with Crippen molar-refractivity contribution in [3.8, 4) is 0 Å². The van der Waals surface area contributed by atoms with Gasteiger partial charge >= 0.3 is 6.18 Å². The third-order valence-electron chi connectivity index (χ3n) is 1.65. The van der Waals surface area contributed by atoms with Crippen LogP contribution in [0, 0.1) is 0 Å². The molecule has 18 heavy (non-hydrogen) atoms. The Morgan fingerprint density at radius 1 is 1.06 bits per heavy atom. The zero-order valence-corrected chi connectivity index (χ0v) is 9.29. The Balaban J connectivity index is 4.29. The summed E-state index contributed by atoms with van der Waals surface area (Å²) in [4.78, 5) is 33.3. The van der Waals surface area contributed by atoms with Gasteiger partial charge in [-0.25, -0.2) is 0 Å². The molecule has 10 heteroatoms. The molecule has 0 aromatic heterocycles. The van der Waals surface area contributed by atoms with Crippen molar-refractivity contribution in [2.75, 3.05) is 26.2 Å². The SMILES string of the molecule is NC(=O)CN(CC(N)=O)C(=O)CNCC(F)(F)F. The van der Waals surface area contributed by atoms with Crippen molar-refractivity contribution in [2.45, 2.75) is 6.18 Å². The molecule has 5 N–H and O–H groups in total.